The lowest BCUT2D eigenvalue weighted by atomic mass is 10.2. The van der Waals surface area contributed by atoms with Gasteiger partial charge in [-0.25, -0.2) is 4.98 Å². The van der Waals surface area contributed by atoms with Crippen molar-refractivity contribution in [3.8, 4) is 0 Å². The van der Waals surface area contributed by atoms with E-state index in [2.05, 4.69) is 16.8 Å². The van der Waals surface area contributed by atoms with Crippen LogP contribution in [0.4, 0.5) is 5.13 Å². The van der Waals surface area contributed by atoms with E-state index < -0.39 is 0 Å². The van der Waals surface area contributed by atoms with Crippen LogP contribution in [0.1, 0.15) is 30.5 Å². The van der Waals surface area contributed by atoms with E-state index in [4.69, 9.17) is 10.5 Å². The Labute approximate surface area is 100 Å². The predicted molar refractivity (Wildman–Crippen MR) is 67.1 cm³/mol. The monoisotopic (exact) mass is 241 g/mol. The SMILES string of the molecule is CCc1nc(N2CCOCC2)sc1C(C)N. The molecule has 16 heavy (non-hydrogen) atoms. The number of morpholine rings is 1. The van der Waals surface area contributed by atoms with Gasteiger partial charge in [-0.15, -0.1) is 11.3 Å². The lowest BCUT2D eigenvalue weighted by Gasteiger charge is -2.26. The molecule has 1 aromatic rings. The molecule has 0 bridgehead atoms. The zero-order chi connectivity index (χ0) is 11.5. The van der Waals surface area contributed by atoms with Gasteiger partial charge < -0.3 is 15.4 Å². The standard InChI is InChI=1S/C11H19N3OS/c1-3-9-10(8(2)12)16-11(13-9)14-4-6-15-7-5-14/h8H,3-7,12H2,1-2H3. The van der Waals surface area contributed by atoms with Crippen LogP contribution >= 0.6 is 11.3 Å². The number of aryl methyl sites for hydroxylation is 1. The number of thiazole rings is 1. The van der Waals surface area contributed by atoms with Crippen molar-refractivity contribution in [2.24, 2.45) is 5.73 Å². The third kappa shape index (κ3) is 2.36. The van der Waals surface area contributed by atoms with Gasteiger partial charge in [-0.05, 0) is 13.3 Å². The Morgan fingerprint density at radius 3 is 2.69 bits per heavy atom. The Kier molecular flexibility index (Phi) is 3.78. The Hall–Kier alpha value is -0.650. The highest BCUT2D eigenvalue weighted by molar-refractivity contribution is 7.15. The molecular formula is C11H19N3OS. The van der Waals surface area contributed by atoms with E-state index in [1.165, 1.54) is 4.88 Å². The smallest absolute Gasteiger partial charge is 0.185 e. The summed E-state index contributed by atoms with van der Waals surface area (Å²) in [5.41, 5.74) is 7.11. The minimum atomic E-state index is 0.0854. The molecule has 1 aliphatic rings. The third-order valence-corrected chi connectivity index (χ3v) is 4.11. The van der Waals surface area contributed by atoms with Gasteiger partial charge >= 0.3 is 0 Å². The fourth-order valence-electron chi connectivity index (χ4n) is 1.85. The van der Waals surface area contributed by atoms with E-state index in [-0.39, 0.29) is 6.04 Å². The molecule has 1 unspecified atom stereocenters. The van der Waals surface area contributed by atoms with Gasteiger partial charge in [-0.1, -0.05) is 6.92 Å². The molecule has 1 saturated heterocycles. The van der Waals surface area contributed by atoms with E-state index in [0.717, 1.165) is 43.5 Å². The zero-order valence-electron chi connectivity index (χ0n) is 9.90. The predicted octanol–water partition coefficient (Wildman–Crippen LogP) is 1.56. The van der Waals surface area contributed by atoms with Gasteiger partial charge in [-0.2, -0.15) is 0 Å². The minimum Gasteiger partial charge on any atom is -0.378 e. The first kappa shape index (κ1) is 11.8. The molecule has 5 heteroatoms. The molecular weight excluding hydrogens is 222 g/mol. The number of hydrogen-bond acceptors (Lipinski definition) is 5. The maximum absolute atomic E-state index is 5.96. The van der Waals surface area contributed by atoms with Crippen molar-refractivity contribution in [2.75, 3.05) is 31.2 Å². The van der Waals surface area contributed by atoms with E-state index in [1.54, 1.807) is 11.3 Å². The summed E-state index contributed by atoms with van der Waals surface area (Å²) >= 11 is 1.73. The lowest BCUT2D eigenvalue weighted by molar-refractivity contribution is 0.122. The van der Waals surface area contributed by atoms with Crippen LogP contribution in [0.3, 0.4) is 0 Å². The summed E-state index contributed by atoms with van der Waals surface area (Å²) < 4.78 is 5.34. The van der Waals surface area contributed by atoms with Gasteiger partial charge in [0.15, 0.2) is 5.13 Å². The van der Waals surface area contributed by atoms with Crippen LogP contribution in [-0.4, -0.2) is 31.3 Å². The quantitative estimate of drug-likeness (QED) is 0.872. The highest BCUT2D eigenvalue weighted by atomic mass is 32.1. The third-order valence-electron chi connectivity index (χ3n) is 2.75. The van der Waals surface area contributed by atoms with Crippen LogP contribution in [-0.2, 0) is 11.2 Å². The molecule has 0 aromatic carbocycles. The number of hydrogen-bond donors (Lipinski definition) is 1. The number of ether oxygens (including phenoxy) is 1. The average Bonchev–Trinajstić information content (AvgIpc) is 2.74. The number of nitrogens with zero attached hydrogens (tertiary/aromatic N) is 2. The number of aromatic nitrogens is 1. The molecule has 1 aliphatic heterocycles. The lowest BCUT2D eigenvalue weighted by Crippen LogP contribution is -2.36. The van der Waals surface area contributed by atoms with Crippen molar-refractivity contribution in [1.29, 1.82) is 0 Å². The summed E-state index contributed by atoms with van der Waals surface area (Å²) in [6.45, 7) is 7.63. The summed E-state index contributed by atoms with van der Waals surface area (Å²) in [5, 5.41) is 1.10. The maximum Gasteiger partial charge on any atom is 0.185 e. The van der Waals surface area contributed by atoms with Crippen LogP contribution in [0.2, 0.25) is 0 Å². The summed E-state index contributed by atoms with van der Waals surface area (Å²) in [5.74, 6) is 0. The summed E-state index contributed by atoms with van der Waals surface area (Å²) in [4.78, 5) is 8.20. The molecule has 0 amide bonds. The van der Waals surface area contributed by atoms with E-state index in [9.17, 15) is 0 Å². The molecule has 90 valence electrons. The largest absolute Gasteiger partial charge is 0.378 e. The summed E-state index contributed by atoms with van der Waals surface area (Å²) in [6.07, 6.45) is 0.956. The highest BCUT2D eigenvalue weighted by Gasteiger charge is 2.19. The average molecular weight is 241 g/mol. The van der Waals surface area contributed by atoms with Crippen LogP contribution in [0, 0.1) is 0 Å². The number of nitrogens with two attached hydrogens (primary N) is 1. The Balaban J connectivity index is 2.20. The number of rotatable bonds is 3. The van der Waals surface area contributed by atoms with E-state index >= 15 is 0 Å². The Morgan fingerprint density at radius 1 is 1.50 bits per heavy atom. The zero-order valence-corrected chi connectivity index (χ0v) is 10.7. The van der Waals surface area contributed by atoms with Crippen LogP contribution in [0.25, 0.3) is 0 Å². The molecule has 1 aromatic heterocycles. The van der Waals surface area contributed by atoms with Gasteiger partial charge in [0.25, 0.3) is 0 Å². The molecule has 0 aliphatic carbocycles. The van der Waals surface area contributed by atoms with Gasteiger partial charge in [0.1, 0.15) is 0 Å². The van der Waals surface area contributed by atoms with Gasteiger partial charge in [0, 0.05) is 24.0 Å². The van der Waals surface area contributed by atoms with Crippen molar-refractivity contribution in [2.45, 2.75) is 26.3 Å². The molecule has 2 rings (SSSR count). The fourth-order valence-corrected chi connectivity index (χ4v) is 3.01. The highest BCUT2D eigenvalue weighted by Crippen LogP contribution is 2.30. The van der Waals surface area contributed by atoms with E-state index in [1.807, 2.05) is 6.92 Å². The summed E-state index contributed by atoms with van der Waals surface area (Å²) in [6, 6.07) is 0.0854. The number of anilines is 1. The molecule has 4 nitrogen and oxygen atoms in total. The second-order valence-corrected chi connectivity index (χ2v) is 5.06. The molecule has 2 heterocycles. The molecule has 0 saturated carbocycles. The van der Waals surface area contributed by atoms with Crippen molar-refractivity contribution in [3.05, 3.63) is 10.6 Å². The fraction of sp³-hybridized carbons (Fsp3) is 0.727. The molecule has 1 fully saturated rings. The topological polar surface area (TPSA) is 51.4 Å². The van der Waals surface area contributed by atoms with Gasteiger partial charge in [0.05, 0.1) is 18.9 Å². The molecule has 2 N–H and O–H groups in total. The maximum atomic E-state index is 5.96. The van der Waals surface area contributed by atoms with Crippen molar-refractivity contribution in [3.63, 3.8) is 0 Å². The second-order valence-electron chi connectivity index (χ2n) is 4.05. The van der Waals surface area contributed by atoms with Crippen molar-refractivity contribution in [1.82, 2.24) is 4.98 Å². The summed E-state index contributed by atoms with van der Waals surface area (Å²) in [7, 11) is 0. The first-order valence-electron chi connectivity index (χ1n) is 5.80. The first-order valence-corrected chi connectivity index (χ1v) is 6.62. The Bertz CT molecular complexity index is 345. The van der Waals surface area contributed by atoms with Crippen LogP contribution in [0.15, 0.2) is 0 Å². The first-order chi connectivity index (χ1) is 7.72. The van der Waals surface area contributed by atoms with E-state index in [0.29, 0.717) is 0 Å². The van der Waals surface area contributed by atoms with Crippen LogP contribution in [0.5, 0.6) is 0 Å². The van der Waals surface area contributed by atoms with Crippen LogP contribution < -0.4 is 10.6 Å². The van der Waals surface area contributed by atoms with Crippen molar-refractivity contribution < 1.29 is 4.74 Å². The second kappa shape index (κ2) is 5.12. The van der Waals surface area contributed by atoms with Gasteiger partial charge in [0.2, 0.25) is 0 Å². The molecule has 0 radical (unpaired) electrons. The normalized spacial score (nSPS) is 18.8. The molecule has 1 atom stereocenters. The molecule has 0 spiro atoms. The Morgan fingerprint density at radius 2 is 2.19 bits per heavy atom. The minimum absolute atomic E-state index is 0.0854. The van der Waals surface area contributed by atoms with Crippen molar-refractivity contribution >= 4 is 16.5 Å². The van der Waals surface area contributed by atoms with Gasteiger partial charge in [-0.3, -0.25) is 0 Å².